The van der Waals surface area contributed by atoms with Crippen LogP contribution in [-0.4, -0.2) is 22.5 Å². The predicted molar refractivity (Wildman–Crippen MR) is 106 cm³/mol. The van der Waals surface area contributed by atoms with Gasteiger partial charge in [0.1, 0.15) is 11.9 Å². The Hall–Kier alpha value is -2.99. The molecular weight excluding hydrogens is 363 g/mol. The summed E-state index contributed by atoms with van der Waals surface area (Å²) in [5.74, 6) is -0.300. The number of hydrogen-bond acceptors (Lipinski definition) is 4. The lowest BCUT2D eigenvalue weighted by molar-refractivity contribution is 0.617. The summed E-state index contributed by atoms with van der Waals surface area (Å²) in [6.45, 7) is 0. The van der Waals surface area contributed by atoms with Crippen LogP contribution in [0.25, 0.3) is 11.1 Å². The summed E-state index contributed by atoms with van der Waals surface area (Å²) in [4.78, 5) is 1.97. The molecule has 0 N–H and O–H groups in total. The number of hydrogen-bond donors (Lipinski definition) is 0. The summed E-state index contributed by atoms with van der Waals surface area (Å²) < 4.78 is 39.7. The standard InChI is InChI=1S/C21H19FN2O2S/c1-24(2)20-12-8-16(9-13-20)21(23-27(25)26)18-5-3-4-17(14-18)15-6-10-19(22)11-7-15/h3-14,21H,1-2H3. The van der Waals surface area contributed by atoms with Crippen molar-refractivity contribution >= 4 is 16.2 Å². The molecule has 27 heavy (non-hydrogen) atoms. The van der Waals surface area contributed by atoms with E-state index >= 15 is 0 Å². The lowest BCUT2D eigenvalue weighted by Gasteiger charge is -2.16. The molecule has 3 aromatic rings. The zero-order valence-corrected chi connectivity index (χ0v) is 15.8. The van der Waals surface area contributed by atoms with E-state index in [0.29, 0.717) is 0 Å². The molecule has 6 heteroatoms. The van der Waals surface area contributed by atoms with E-state index in [9.17, 15) is 12.8 Å². The summed E-state index contributed by atoms with van der Waals surface area (Å²) in [6, 6.07) is 20.6. The molecule has 0 aliphatic heterocycles. The molecule has 0 aromatic heterocycles. The Morgan fingerprint density at radius 2 is 1.52 bits per heavy atom. The average Bonchev–Trinajstić information content (AvgIpc) is 2.67. The fourth-order valence-electron chi connectivity index (χ4n) is 2.89. The molecule has 0 aliphatic rings. The maximum Gasteiger partial charge on any atom is 0.312 e. The first-order chi connectivity index (χ1) is 12.9. The minimum atomic E-state index is -2.55. The van der Waals surface area contributed by atoms with Crippen molar-refractivity contribution in [2.75, 3.05) is 19.0 Å². The van der Waals surface area contributed by atoms with Gasteiger partial charge in [-0.3, -0.25) is 0 Å². The molecule has 0 radical (unpaired) electrons. The third kappa shape index (κ3) is 4.60. The van der Waals surface area contributed by atoms with Crippen LogP contribution in [-0.2, 0) is 10.5 Å². The highest BCUT2D eigenvalue weighted by Crippen LogP contribution is 2.30. The van der Waals surface area contributed by atoms with Crippen LogP contribution < -0.4 is 4.90 Å². The fraction of sp³-hybridized carbons (Fsp3) is 0.143. The predicted octanol–water partition coefficient (Wildman–Crippen LogP) is 4.71. The molecule has 3 aromatic carbocycles. The monoisotopic (exact) mass is 382 g/mol. The lowest BCUT2D eigenvalue weighted by atomic mass is 9.95. The van der Waals surface area contributed by atoms with Crippen LogP contribution in [0.3, 0.4) is 0 Å². The van der Waals surface area contributed by atoms with E-state index in [1.807, 2.05) is 67.5 Å². The van der Waals surface area contributed by atoms with Gasteiger partial charge in [0, 0.05) is 19.8 Å². The van der Waals surface area contributed by atoms with E-state index in [0.717, 1.165) is 27.9 Å². The second-order valence-corrected chi connectivity index (χ2v) is 6.99. The highest BCUT2D eigenvalue weighted by atomic mass is 32.2. The van der Waals surface area contributed by atoms with E-state index < -0.39 is 16.5 Å². The molecule has 0 spiro atoms. The molecular formula is C21H19FN2O2S. The minimum absolute atomic E-state index is 0.300. The molecule has 1 unspecified atom stereocenters. The van der Waals surface area contributed by atoms with E-state index in [1.165, 1.54) is 12.1 Å². The molecule has 0 bridgehead atoms. The van der Waals surface area contributed by atoms with Gasteiger partial charge in [-0.05, 0) is 52.6 Å². The van der Waals surface area contributed by atoms with Crippen molar-refractivity contribution < 1.29 is 12.8 Å². The molecule has 138 valence electrons. The highest BCUT2D eigenvalue weighted by Gasteiger charge is 2.15. The SMILES string of the molecule is CN(C)c1ccc(C(N=S(=O)=O)c2cccc(-c3ccc(F)cc3)c2)cc1. The van der Waals surface area contributed by atoms with Crippen molar-refractivity contribution in [1.82, 2.24) is 0 Å². The fourth-order valence-corrected chi connectivity index (χ4v) is 3.30. The normalized spacial score (nSPS) is 11.7. The van der Waals surface area contributed by atoms with Crippen LogP contribution in [0, 0.1) is 5.82 Å². The number of benzene rings is 3. The van der Waals surface area contributed by atoms with Crippen LogP contribution in [0.5, 0.6) is 0 Å². The summed E-state index contributed by atoms with van der Waals surface area (Å²) in [5.41, 5.74) is 4.26. The average molecular weight is 382 g/mol. The topological polar surface area (TPSA) is 49.7 Å². The zero-order chi connectivity index (χ0) is 19.4. The number of rotatable bonds is 5. The maximum absolute atomic E-state index is 13.2. The van der Waals surface area contributed by atoms with Gasteiger partial charge in [-0.1, -0.05) is 42.5 Å². The van der Waals surface area contributed by atoms with Crippen molar-refractivity contribution in [1.29, 1.82) is 0 Å². The Morgan fingerprint density at radius 1 is 0.852 bits per heavy atom. The third-order valence-electron chi connectivity index (χ3n) is 4.30. The second kappa shape index (κ2) is 8.14. The van der Waals surface area contributed by atoms with E-state index in [2.05, 4.69) is 4.36 Å². The Kier molecular flexibility index (Phi) is 5.66. The van der Waals surface area contributed by atoms with Gasteiger partial charge < -0.3 is 4.90 Å². The molecule has 0 heterocycles. The van der Waals surface area contributed by atoms with Crippen molar-refractivity contribution in [3.05, 3.63) is 89.7 Å². The van der Waals surface area contributed by atoms with Crippen LogP contribution in [0.15, 0.2) is 77.2 Å². The number of anilines is 1. The van der Waals surface area contributed by atoms with Gasteiger partial charge >= 0.3 is 10.5 Å². The number of halogens is 1. The van der Waals surface area contributed by atoms with Gasteiger partial charge in [-0.25, -0.2) is 4.39 Å². The van der Waals surface area contributed by atoms with Gasteiger partial charge in [-0.15, -0.1) is 0 Å². The van der Waals surface area contributed by atoms with Gasteiger partial charge in [-0.2, -0.15) is 12.8 Å². The molecule has 0 amide bonds. The Bertz CT molecular complexity index is 1050. The summed E-state index contributed by atoms with van der Waals surface area (Å²) in [7, 11) is 1.33. The van der Waals surface area contributed by atoms with Gasteiger partial charge in [0.2, 0.25) is 0 Å². The third-order valence-corrected chi connectivity index (χ3v) is 4.68. The largest absolute Gasteiger partial charge is 0.378 e. The summed E-state index contributed by atoms with van der Waals surface area (Å²) in [6.07, 6.45) is 0. The molecule has 0 aliphatic carbocycles. The van der Waals surface area contributed by atoms with Crippen LogP contribution in [0.2, 0.25) is 0 Å². The van der Waals surface area contributed by atoms with Crippen LogP contribution in [0.1, 0.15) is 17.2 Å². The maximum atomic E-state index is 13.2. The zero-order valence-electron chi connectivity index (χ0n) is 15.0. The molecule has 3 rings (SSSR count). The first-order valence-corrected chi connectivity index (χ1v) is 9.40. The Labute approximate surface area is 159 Å². The van der Waals surface area contributed by atoms with E-state index in [4.69, 9.17) is 0 Å². The van der Waals surface area contributed by atoms with Crippen molar-refractivity contribution in [3.8, 4) is 11.1 Å². The first kappa shape index (κ1) is 18.8. The Morgan fingerprint density at radius 3 is 2.11 bits per heavy atom. The van der Waals surface area contributed by atoms with Crippen LogP contribution in [0.4, 0.5) is 10.1 Å². The minimum Gasteiger partial charge on any atom is -0.378 e. The molecule has 0 saturated carbocycles. The Balaban J connectivity index is 2.04. The van der Waals surface area contributed by atoms with E-state index in [1.54, 1.807) is 12.1 Å². The van der Waals surface area contributed by atoms with Crippen molar-refractivity contribution in [2.24, 2.45) is 4.36 Å². The summed E-state index contributed by atoms with van der Waals surface area (Å²) >= 11 is 0. The number of nitrogens with zero attached hydrogens (tertiary/aromatic N) is 2. The smallest absolute Gasteiger partial charge is 0.312 e. The molecule has 4 nitrogen and oxygen atoms in total. The molecule has 0 saturated heterocycles. The molecule has 0 fully saturated rings. The van der Waals surface area contributed by atoms with Crippen molar-refractivity contribution in [3.63, 3.8) is 0 Å². The highest BCUT2D eigenvalue weighted by molar-refractivity contribution is 7.61. The van der Waals surface area contributed by atoms with Gasteiger partial charge in [0.25, 0.3) is 0 Å². The first-order valence-electron chi connectivity index (χ1n) is 8.37. The van der Waals surface area contributed by atoms with Gasteiger partial charge in [0.05, 0.1) is 0 Å². The van der Waals surface area contributed by atoms with E-state index in [-0.39, 0.29) is 5.82 Å². The lowest BCUT2D eigenvalue weighted by Crippen LogP contribution is -2.08. The van der Waals surface area contributed by atoms with Crippen molar-refractivity contribution in [2.45, 2.75) is 6.04 Å². The molecule has 1 atom stereocenters. The van der Waals surface area contributed by atoms with Crippen LogP contribution >= 0.6 is 0 Å². The summed E-state index contributed by atoms with van der Waals surface area (Å²) in [5, 5.41) is 0. The quantitative estimate of drug-likeness (QED) is 0.642. The second-order valence-electron chi connectivity index (χ2n) is 6.34. The van der Waals surface area contributed by atoms with Gasteiger partial charge in [0.15, 0.2) is 0 Å².